The van der Waals surface area contributed by atoms with E-state index in [9.17, 15) is 4.79 Å². The molecule has 1 aromatic carbocycles. The summed E-state index contributed by atoms with van der Waals surface area (Å²) in [6, 6.07) is 8.76. The Kier molecular flexibility index (Phi) is 3.72. The number of methoxy groups -OCH3 is 1. The van der Waals surface area contributed by atoms with Crippen LogP contribution < -0.4 is 10.1 Å². The number of nitrogens with one attached hydrogen (secondary N) is 1. The van der Waals surface area contributed by atoms with Gasteiger partial charge in [0.25, 0.3) is 5.91 Å². The number of halogens is 1. The highest BCUT2D eigenvalue weighted by atomic mass is 79.9. The van der Waals surface area contributed by atoms with Crippen LogP contribution in [0.2, 0.25) is 0 Å². The van der Waals surface area contributed by atoms with E-state index < -0.39 is 0 Å². The molecule has 0 fully saturated rings. The summed E-state index contributed by atoms with van der Waals surface area (Å²) in [5, 5.41) is 2.74. The molecular formula is C13H12BrNO3. The highest BCUT2D eigenvalue weighted by Crippen LogP contribution is 2.28. The van der Waals surface area contributed by atoms with Gasteiger partial charge in [0.15, 0.2) is 5.76 Å². The van der Waals surface area contributed by atoms with Gasteiger partial charge in [-0.15, -0.1) is 0 Å². The number of rotatable bonds is 3. The molecule has 1 amide bonds. The van der Waals surface area contributed by atoms with Gasteiger partial charge in [0.2, 0.25) is 0 Å². The van der Waals surface area contributed by atoms with Crippen molar-refractivity contribution in [3.63, 3.8) is 0 Å². The van der Waals surface area contributed by atoms with Gasteiger partial charge in [0, 0.05) is 4.47 Å². The first-order chi connectivity index (χ1) is 8.60. The summed E-state index contributed by atoms with van der Waals surface area (Å²) in [5.74, 6) is 1.25. The maximum atomic E-state index is 11.9. The predicted molar refractivity (Wildman–Crippen MR) is 72.1 cm³/mol. The van der Waals surface area contributed by atoms with Gasteiger partial charge in [-0.1, -0.05) is 15.9 Å². The quantitative estimate of drug-likeness (QED) is 0.942. The van der Waals surface area contributed by atoms with Crippen molar-refractivity contribution in [2.45, 2.75) is 6.92 Å². The zero-order chi connectivity index (χ0) is 13.1. The molecule has 1 N–H and O–H groups in total. The summed E-state index contributed by atoms with van der Waals surface area (Å²) in [6.07, 6.45) is 0. The molecule has 0 aliphatic rings. The summed E-state index contributed by atoms with van der Waals surface area (Å²) < 4.78 is 11.3. The average molecular weight is 310 g/mol. The highest BCUT2D eigenvalue weighted by molar-refractivity contribution is 9.10. The Bertz CT molecular complexity index is 577. The van der Waals surface area contributed by atoms with Crippen LogP contribution in [0.1, 0.15) is 16.3 Å². The van der Waals surface area contributed by atoms with E-state index in [-0.39, 0.29) is 11.7 Å². The maximum Gasteiger partial charge on any atom is 0.291 e. The van der Waals surface area contributed by atoms with E-state index in [0.29, 0.717) is 17.2 Å². The molecule has 0 aliphatic carbocycles. The van der Waals surface area contributed by atoms with Gasteiger partial charge in [-0.2, -0.15) is 0 Å². The summed E-state index contributed by atoms with van der Waals surface area (Å²) in [7, 11) is 1.55. The van der Waals surface area contributed by atoms with Crippen molar-refractivity contribution >= 4 is 27.5 Å². The lowest BCUT2D eigenvalue weighted by molar-refractivity contribution is 0.0995. The van der Waals surface area contributed by atoms with Gasteiger partial charge in [-0.3, -0.25) is 4.79 Å². The van der Waals surface area contributed by atoms with Crippen LogP contribution in [-0.4, -0.2) is 13.0 Å². The number of furan rings is 1. The van der Waals surface area contributed by atoms with Crippen molar-refractivity contribution in [3.05, 3.63) is 46.3 Å². The summed E-state index contributed by atoms with van der Waals surface area (Å²) in [4.78, 5) is 11.9. The van der Waals surface area contributed by atoms with Crippen molar-refractivity contribution in [1.82, 2.24) is 0 Å². The molecule has 1 aromatic heterocycles. The number of ether oxygens (including phenoxy) is 1. The van der Waals surface area contributed by atoms with E-state index in [2.05, 4.69) is 21.2 Å². The number of benzene rings is 1. The van der Waals surface area contributed by atoms with Crippen molar-refractivity contribution in [2.75, 3.05) is 12.4 Å². The van der Waals surface area contributed by atoms with Crippen LogP contribution >= 0.6 is 15.9 Å². The Morgan fingerprint density at radius 3 is 2.72 bits per heavy atom. The number of carbonyl (C=O) groups is 1. The van der Waals surface area contributed by atoms with Crippen LogP contribution in [0.25, 0.3) is 0 Å². The van der Waals surface area contributed by atoms with Crippen LogP contribution in [0.3, 0.4) is 0 Å². The third-order valence-corrected chi connectivity index (χ3v) is 2.87. The Balaban J connectivity index is 2.23. The SMILES string of the molecule is COc1ccc(Br)cc1NC(=O)c1ccc(C)o1. The van der Waals surface area contributed by atoms with Gasteiger partial charge in [0.1, 0.15) is 11.5 Å². The molecule has 0 atom stereocenters. The van der Waals surface area contributed by atoms with Crippen LogP contribution in [0, 0.1) is 6.92 Å². The smallest absolute Gasteiger partial charge is 0.291 e. The first-order valence-corrected chi connectivity index (χ1v) is 6.11. The number of hydrogen-bond acceptors (Lipinski definition) is 3. The van der Waals surface area contributed by atoms with Crippen LogP contribution in [0.4, 0.5) is 5.69 Å². The monoisotopic (exact) mass is 309 g/mol. The van der Waals surface area contributed by atoms with E-state index in [0.717, 1.165) is 4.47 Å². The van der Waals surface area contributed by atoms with Gasteiger partial charge in [-0.05, 0) is 37.3 Å². The minimum atomic E-state index is -0.306. The molecule has 0 saturated heterocycles. The number of amides is 1. The fraction of sp³-hybridized carbons (Fsp3) is 0.154. The van der Waals surface area contributed by atoms with Crippen molar-refractivity contribution < 1.29 is 13.9 Å². The minimum absolute atomic E-state index is 0.273. The molecule has 94 valence electrons. The summed E-state index contributed by atoms with van der Waals surface area (Å²) in [5.41, 5.74) is 0.589. The van der Waals surface area contributed by atoms with E-state index in [1.807, 2.05) is 6.07 Å². The lowest BCUT2D eigenvalue weighted by Gasteiger charge is -2.09. The number of hydrogen-bond donors (Lipinski definition) is 1. The summed E-state index contributed by atoms with van der Waals surface area (Å²) >= 11 is 3.35. The van der Waals surface area contributed by atoms with Crippen LogP contribution in [0.5, 0.6) is 5.75 Å². The molecule has 2 rings (SSSR count). The molecule has 0 bridgehead atoms. The Labute approximate surface area is 113 Å². The molecule has 0 radical (unpaired) electrons. The van der Waals surface area contributed by atoms with Gasteiger partial charge >= 0.3 is 0 Å². The molecule has 0 unspecified atom stereocenters. The second-order valence-electron chi connectivity index (χ2n) is 3.71. The maximum absolute atomic E-state index is 11.9. The van der Waals surface area contributed by atoms with Gasteiger partial charge < -0.3 is 14.5 Å². The second kappa shape index (κ2) is 5.27. The zero-order valence-corrected chi connectivity index (χ0v) is 11.6. The zero-order valence-electron chi connectivity index (χ0n) is 9.99. The lowest BCUT2D eigenvalue weighted by Crippen LogP contribution is -2.11. The summed E-state index contributed by atoms with van der Waals surface area (Å²) in [6.45, 7) is 1.79. The third kappa shape index (κ3) is 2.73. The third-order valence-electron chi connectivity index (χ3n) is 2.37. The molecule has 0 spiro atoms. The van der Waals surface area contributed by atoms with Crippen molar-refractivity contribution in [1.29, 1.82) is 0 Å². The molecule has 0 saturated carbocycles. The van der Waals surface area contributed by atoms with Crippen molar-refractivity contribution in [3.8, 4) is 5.75 Å². The number of aryl methyl sites for hydroxylation is 1. The largest absolute Gasteiger partial charge is 0.495 e. The molecule has 1 heterocycles. The number of anilines is 1. The van der Waals surface area contributed by atoms with E-state index in [1.54, 1.807) is 38.3 Å². The predicted octanol–water partition coefficient (Wildman–Crippen LogP) is 3.61. The molecule has 18 heavy (non-hydrogen) atoms. The molecule has 4 nitrogen and oxygen atoms in total. The van der Waals surface area contributed by atoms with Gasteiger partial charge in [0.05, 0.1) is 12.8 Å². The van der Waals surface area contributed by atoms with E-state index in [1.165, 1.54) is 0 Å². The first kappa shape index (κ1) is 12.7. The van der Waals surface area contributed by atoms with Crippen molar-refractivity contribution in [2.24, 2.45) is 0 Å². The Morgan fingerprint density at radius 2 is 2.11 bits per heavy atom. The van der Waals surface area contributed by atoms with Crippen LogP contribution in [0.15, 0.2) is 39.2 Å². The molecule has 2 aromatic rings. The van der Waals surface area contributed by atoms with E-state index >= 15 is 0 Å². The number of carbonyl (C=O) groups excluding carboxylic acids is 1. The van der Waals surface area contributed by atoms with Gasteiger partial charge in [-0.25, -0.2) is 0 Å². The molecular weight excluding hydrogens is 298 g/mol. The first-order valence-electron chi connectivity index (χ1n) is 5.31. The lowest BCUT2D eigenvalue weighted by atomic mass is 10.3. The Morgan fingerprint density at radius 1 is 1.33 bits per heavy atom. The van der Waals surface area contributed by atoms with E-state index in [4.69, 9.17) is 9.15 Å². The molecule has 0 aliphatic heterocycles. The second-order valence-corrected chi connectivity index (χ2v) is 4.62. The average Bonchev–Trinajstić information content (AvgIpc) is 2.76. The highest BCUT2D eigenvalue weighted by Gasteiger charge is 2.13. The molecule has 5 heteroatoms. The fourth-order valence-corrected chi connectivity index (χ4v) is 1.88. The topological polar surface area (TPSA) is 51.5 Å². The fourth-order valence-electron chi connectivity index (χ4n) is 1.52. The standard InChI is InChI=1S/C13H12BrNO3/c1-8-3-5-12(18-8)13(16)15-10-7-9(14)4-6-11(10)17-2/h3-7H,1-2H3,(H,15,16). The Hall–Kier alpha value is -1.75. The minimum Gasteiger partial charge on any atom is -0.495 e. The van der Waals surface area contributed by atoms with Crippen LogP contribution in [-0.2, 0) is 0 Å². The normalized spacial score (nSPS) is 10.2.